The van der Waals surface area contributed by atoms with Crippen LogP contribution in [0.3, 0.4) is 0 Å². The van der Waals surface area contributed by atoms with Gasteiger partial charge in [-0.2, -0.15) is 0 Å². The predicted molar refractivity (Wildman–Crippen MR) is 122 cm³/mol. The predicted octanol–water partition coefficient (Wildman–Crippen LogP) is 3.41. The molecule has 30 heavy (non-hydrogen) atoms. The van der Waals surface area contributed by atoms with E-state index in [1.165, 1.54) is 17.4 Å². The van der Waals surface area contributed by atoms with Crippen molar-refractivity contribution < 1.29 is 9.59 Å². The van der Waals surface area contributed by atoms with Gasteiger partial charge < -0.3 is 9.80 Å². The molecule has 0 aliphatic carbocycles. The van der Waals surface area contributed by atoms with Gasteiger partial charge in [0.05, 0.1) is 10.0 Å². The van der Waals surface area contributed by atoms with Gasteiger partial charge in [0.2, 0.25) is 0 Å². The van der Waals surface area contributed by atoms with Crippen molar-refractivity contribution in [2.75, 3.05) is 58.7 Å². The highest BCUT2D eigenvalue weighted by Crippen LogP contribution is 2.24. The summed E-state index contributed by atoms with van der Waals surface area (Å²) in [6.45, 7) is 5.21. The zero-order valence-corrected chi connectivity index (χ0v) is 19.4. The van der Waals surface area contributed by atoms with Crippen LogP contribution in [0.1, 0.15) is 27.3 Å². The SMILES string of the molecule is CN(C)CCCN1CCN(C(=O)c2csc(NC(=O)c3ccc(Cl)c(Cl)c3)n2)CC1. The van der Waals surface area contributed by atoms with Crippen LogP contribution in [0.15, 0.2) is 23.6 Å². The summed E-state index contributed by atoms with van der Waals surface area (Å²) in [5, 5.41) is 5.44. The monoisotopic (exact) mass is 469 g/mol. The molecule has 1 saturated heterocycles. The van der Waals surface area contributed by atoms with E-state index in [1.807, 2.05) is 4.90 Å². The maximum absolute atomic E-state index is 12.8. The van der Waals surface area contributed by atoms with Crippen LogP contribution >= 0.6 is 34.5 Å². The number of nitrogens with zero attached hydrogens (tertiary/aromatic N) is 4. The van der Waals surface area contributed by atoms with Crippen LogP contribution in [0.4, 0.5) is 5.13 Å². The lowest BCUT2D eigenvalue weighted by atomic mass is 10.2. The van der Waals surface area contributed by atoms with E-state index < -0.39 is 0 Å². The molecule has 162 valence electrons. The summed E-state index contributed by atoms with van der Waals surface area (Å²) in [6, 6.07) is 4.65. The van der Waals surface area contributed by atoms with Crippen molar-refractivity contribution in [1.82, 2.24) is 19.7 Å². The first-order valence-corrected chi connectivity index (χ1v) is 11.4. The lowest BCUT2D eigenvalue weighted by Crippen LogP contribution is -2.49. The summed E-state index contributed by atoms with van der Waals surface area (Å²) < 4.78 is 0. The van der Waals surface area contributed by atoms with E-state index in [4.69, 9.17) is 23.2 Å². The van der Waals surface area contributed by atoms with E-state index in [0.717, 1.165) is 32.6 Å². The zero-order valence-electron chi connectivity index (χ0n) is 17.0. The summed E-state index contributed by atoms with van der Waals surface area (Å²) in [7, 11) is 4.15. The number of thiazole rings is 1. The molecule has 7 nitrogen and oxygen atoms in total. The average molecular weight is 470 g/mol. The largest absolute Gasteiger partial charge is 0.335 e. The molecular weight excluding hydrogens is 445 g/mol. The lowest BCUT2D eigenvalue weighted by molar-refractivity contribution is 0.0628. The number of rotatable bonds is 7. The average Bonchev–Trinajstić information content (AvgIpc) is 3.18. The molecule has 2 aromatic rings. The quantitative estimate of drug-likeness (QED) is 0.672. The number of amides is 2. The highest BCUT2D eigenvalue weighted by Gasteiger charge is 2.24. The molecule has 1 aromatic heterocycles. The Morgan fingerprint density at radius 3 is 2.57 bits per heavy atom. The molecule has 1 aliphatic heterocycles. The van der Waals surface area contributed by atoms with Crippen molar-refractivity contribution in [2.45, 2.75) is 6.42 Å². The summed E-state index contributed by atoms with van der Waals surface area (Å²) in [4.78, 5) is 35.8. The molecule has 0 bridgehead atoms. The van der Waals surface area contributed by atoms with Crippen LogP contribution in [-0.4, -0.2) is 84.9 Å². The number of halogens is 2. The maximum atomic E-state index is 12.8. The molecule has 0 atom stereocenters. The first-order chi connectivity index (χ1) is 14.3. The maximum Gasteiger partial charge on any atom is 0.273 e. The van der Waals surface area contributed by atoms with Gasteiger partial charge in [0, 0.05) is 37.1 Å². The molecule has 2 heterocycles. The molecule has 0 unspecified atom stereocenters. The Bertz CT molecular complexity index is 897. The third kappa shape index (κ3) is 6.15. The highest BCUT2D eigenvalue weighted by molar-refractivity contribution is 7.14. The van der Waals surface area contributed by atoms with Crippen molar-refractivity contribution in [2.24, 2.45) is 0 Å². The number of hydrogen-bond donors (Lipinski definition) is 1. The van der Waals surface area contributed by atoms with Crippen LogP contribution in [-0.2, 0) is 0 Å². The number of carbonyl (C=O) groups is 2. The fourth-order valence-corrected chi connectivity index (χ4v) is 4.16. The smallest absolute Gasteiger partial charge is 0.273 e. The van der Waals surface area contributed by atoms with E-state index in [9.17, 15) is 9.59 Å². The van der Waals surface area contributed by atoms with E-state index in [0.29, 0.717) is 39.5 Å². The van der Waals surface area contributed by atoms with Gasteiger partial charge in [0.1, 0.15) is 5.69 Å². The Hall–Kier alpha value is -1.71. The summed E-state index contributed by atoms with van der Waals surface area (Å²) in [6.07, 6.45) is 1.12. The normalized spacial score (nSPS) is 14.9. The first-order valence-electron chi connectivity index (χ1n) is 9.72. The van der Waals surface area contributed by atoms with E-state index in [-0.39, 0.29) is 11.8 Å². The molecule has 1 fully saturated rings. The molecule has 1 N–H and O–H groups in total. The fourth-order valence-electron chi connectivity index (χ4n) is 3.18. The topological polar surface area (TPSA) is 68.8 Å². The highest BCUT2D eigenvalue weighted by atomic mass is 35.5. The number of piperazine rings is 1. The van der Waals surface area contributed by atoms with Crippen LogP contribution in [0.5, 0.6) is 0 Å². The number of anilines is 1. The van der Waals surface area contributed by atoms with Crippen molar-refractivity contribution >= 4 is 51.5 Å². The van der Waals surface area contributed by atoms with Crippen LogP contribution < -0.4 is 5.32 Å². The van der Waals surface area contributed by atoms with Gasteiger partial charge in [-0.05, 0) is 51.8 Å². The summed E-state index contributed by atoms with van der Waals surface area (Å²) >= 11 is 13.1. The lowest BCUT2D eigenvalue weighted by Gasteiger charge is -2.34. The molecule has 0 radical (unpaired) electrons. The Morgan fingerprint density at radius 2 is 1.90 bits per heavy atom. The molecule has 3 rings (SSSR count). The Labute approximate surface area is 190 Å². The Balaban J connectivity index is 1.51. The number of carbonyl (C=O) groups excluding carboxylic acids is 2. The van der Waals surface area contributed by atoms with E-state index in [1.54, 1.807) is 17.5 Å². The van der Waals surface area contributed by atoms with Gasteiger partial charge in [0.15, 0.2) is 5.13 Å². The molecule has 1 aromatic carbocycles. The van der Waals surface area contributed by atoms with E-state index >= 15 is 0 Å². The number of benzene rings is 1. The fraction of sp³-hybridized carbons (Fsp3) is 0.450. The van der Waals surface area contributed by atoms with Crippen molar-refractivity contribution in [3.8, 4) is 0 Å². The molecule has 1 aliphatic rings. The van der Waals surface area contributed by atoms with Gasteiger partial charge >= 0.3 is 0 Å². The minimum atomic E-state index is -0.353. The Kier molecular flexibility index (Phi) is 8.07. The van der Waals surface area contributed by atoms with Crippen LogP contribution in [0.2, 0.25) is 10.0 Å². The second-order valence-corrected chi connectivity index (χ2v) is 9.08. The minimum Gasteiger partial charge on any atom is -0.335 e. The van der Waals surface area contributed by atoms with Crippen molar-refractivity contribution in [1.29, 1.82) is 0 Å². The van der Waals surface area contributed by atoms with Gasteiger partial charge in [-0.3, -0.25) is 19.8 Å². The number of nitrogens with one attached hydrogen (secondary N) is 1. The number of hydrogen-bond acceptors (Lipinski definition) is 6. The third-order valence-corrected chi connectivity index (χ3v) is 6.36. The van der Waals surface area contributed by atoms with Crippen molar-refractivity contribution in [3.63, 3.8) is 0 Å². The molecule has 10 heteroatoms. The van der Waals surface area contributed by atoms with Gasteiger partial charge in [-0.1, -0.05) is 23.2 Å². The van der Waals surface area contributed by atoms with Crippen molar-refractivity contribution in [3.05, 3.63) is 44.9 Å². The van der Waals surface area contributed by atoms with Gasteiger partial charge in [-0.25, -0.2) is 4.98 Å². The van der Waals surface area contributed by atoms with Crippen LogP contribution in [0, 0.1) is 0 Å². The first kappa shape index (κ1) is 23.0. The van der Waals surface area contributed by atoms with Crippen LogP contribution in [0.25, 0.3) is 0 Å². The molecule has 2 amide bonds. The van der Waals surface area contributed by atoms with Gasteiger partial charge in [-0.15, -0.1) is 11.3 Å². The second kappa shape index (κ2) is 10.5. The van der Waals surface area contributed by atoms with E-state index in [2.05, 4.69) is 34.2 Å². The molecule has 0 saturated carbocycles. The standard InChI is InChI=1S/C20H25Cl2N5O2S/c1-25(2)6-3-7-26-8-10-27(11-9-26)19(29)17-13-30-20(23-17)24-18(28)14-4-5-15(21)16(22)12-14/h4-5,12-13H,3,6-11H2,1-2H3,(H,23,24,28). The second-order valence-electron chi connectivity index (χ2n) is 7.41. The zero-order chi connectivity index (χ0) is 21.7. The summed E-state index contributed by atoms with van der Waals surface area (Å²) in [5.41, 5.74) is 0.725. The number of aromatic nitrogens is 1. The third-order valence-electron chi connectivity index (χ3n) is 4.86. The summed E-state index contributed by atoms with van der Waals surface area (Å²) in [5.74, 6) is -0.456. The minimum absolute atomic E-state index is 0.103. The Morgan fingerprint density at radius 1 is 1.17 bits per heavy atom. The molecule has 0 spiro atoms. The molecular formula is C20H25Cl2N5O2S. The van der Waals surface area contributed by atoms with Gasteiger partial charge in [0.25, 0.3) is 11.8 Å².